The van der Waals surface area contributed by atoms with Crippen LogP contribution >= 0.6 is 0 Å². The van der Waals surface area contributed by atoms with Crippen molar-refractivity contribution in [3.63, 3.8) is 0 Å². The van der Waals surface area contributed by atoms with Crippen molar-refractivity contribution >= 4 is 5.97 Å². The zero-order valence-electron chi connectivity index (χ0n) is 14.5. The first-order chi connectivity index (χ1) is 11.0. The average Bonchev–Trinajstić information content (AvgIpc) is 2.53. The van der Waals surface area contributed by atoms with Crippen molar-refractivity contribution in [1.29, 1.82) is 0 Å². The van der Waals surface area contributed by atoms with Gasteiger partial charge >= 0.3 is 5.97 Å². The number of esters is 1. The molecule has 0 unspecified atom stereocenters. The molecule has 1 heterocycles. The molecule has 0 bridgehead atoms. The normalized spacial score (nSPS) is 29.4. The third-order valence-electron chi connectivity index (χ3n) is 5.53. The van der Waals surface area contributed by atoms with Crippen LogP contribution in [0.3, 0.4) is 0 Å². The highest BCUT2D eigenvalue weighted by molar-refractivity contribution is 5.89. The number of rotatable bonds is 3. The SMILES string of the molecule is COc1ccc(C(=O)O[C@@H]2CC[C@H]3CC[N+](C)(C)C[C@H]3C2)cc1. The number of likely N-dealkylation sites (tertiary alicyclic amines) is 1. The topological polar surface area (TPSA) is 35.5 Å². The maximum Gasteiger partial charge on any atom is 0.338 e. The van der Waals surface area contributed by atoms with Gasteiger partial charge in [0.25, 0.3) is 0 Å². The van der Waals surface area contributed by atoms with Crippen LogP contribution in [-0.2, 0) is 4.74 Å². The Morgan fingerprint density at radius 1 is 1.09 bits per heavy atom. The van der Waals surface area contributed by atoms with Crippen molar-refractivity contribution in [3.8, 4) is 5.75 Å². The molecular weight excluding hydrogens is 290 g/mol. The number of methoxy groups -OCH3 is 1. The van der Waals surface area contributed by atoms with Crippen LogP contribution in [0, 0.1) is 11.8 Å². The maximum atomic E-state index is 12.3. The molecule has 0 N–H and O–H groups in total. The summed E-state index contributed by atoms with van der Waals surface area (Å²) in [7, 11) is 6.24. The number of carbonyl (C=O) groups is 1. The van der Waals surface area contributed by atoms with E-state index in [9.17, 15) is 4.79 Å². The molecule has 1 aliphatic heterocycles. The van der Waals surface area contributed by atoms with Gasteiger partial charge in [0, 0.05) is 5.92 Å². The molecule has 0 aromatic heterocycles. The summed E-state index contributed by atoms with van der Waals surface area (Å²) in [6.07, 6.45) is 4.62. The monoisotopic (exact) mass is 318 g/mol. The first kappa shape index (κ1) is 16.3. The Morgan fingerprint density at radius 3 is 2.52 bits per heavy atom. The van der Waals surface area contributed by atoms with Gasteiger partial charge in [-0.1, -0.05) is 0 Å². The van der Waals surface area contributed by atoms with Gasteiger partial charge in [-0.15, -0.1) is 0 Å². The number of fused-ring (bicyclic) bond motifs is 1. The van der Waals surface area contributed by atoms with E-state index in [1.165, 1.54) is 25.9 Å². The molecule has 4 nitrogen and oxygen atoms in total. The molecule has 3 rings (SSSR count). The Balaban J connectivity index is 1.58. The zero-order valence-corrected chi connectivity index (χ0v) is 14.5. The van der Waals surface area contributed by atoms with Crippen molar-refractivity contribution in [2.45, 2.75) is 31.8 Å². The largest absolute Gasteiger partial charge is 0.497 e. The second kappa shape index (κ2) is 6.52. The molecule has 126 valence electrons. The van der Waals surface area contributed by atoms with Crippen LogP contribution in [-0.4, -0.2) is 50.9 Å². The highest BCUT2D eigenvalue weighted by Crippen LogP contribution is 2.38. The molecule has 0 spiro atoms. The van der Waals surface area contributed by atoms with Crippen molar-refractivity contribution in [2.24, 2.45) is 11.8 Å². The van der Waals surface area contributed by atoms with Gasteiger partial charge in [-0.05, 0) is 55.9 Å². The minimum absolute atomic E-state index is 0.0731. The van der Waals surface area contributed by atoms with E-state index in [0.717, 1.165) is 29.0 Å². The summed E-state index contributed by atoms with van der Waals surface area (Å²) in [6.45, 7) is 2.48. The summed E-state index contributed by atoms with van der Waals surface area (Å²) in [5, 5.41) is 0. The second-order valence-electron chi connectivity index (χ2n) is 7.72. The van der Waals surface area contributed by atoms with Crippen molar-refractivity contribution in [2.75, 3.05) is 34.3 Å². The van der Waals surface area contributed by atoms with Gasteiger partial charge < -0.3 is 14.0 Å². The molecular formula is C19H28NO3+. The van der Waals surface area contributed by atoms with Crippen LogP contribution in [0.5, 0.6) is 5.75 Å². The first-order valence-electron chi connectivity index (χ1n) is 8.64. The van der Waals surface area contributed by atoms with E-state index in [2.05, 4.69) is 14.1 Å². The van der Waals surface area contributed by atoms with Gasteiger partial charge in [0.15, 0.2) is 0 Å². The molecule has 1 saturated carbocycles. The number of hydrogen-bond acceptors (Lipinski definition) is 3. The fraction of sp³-hybridized carbons (Fsp3) is 0.632. The Hall–Kier alpha value is -1.55. The van der Waals surface area contributed by atoms with Crippen molar-refractivity contribution < 1.29 is 18.8 Å². The lowest BCUT2D eigenvalue weighted by Crippen LogP contribution is -2.52. The summed E-state index contributed by atoms with van der Waals surface area (Å²) in [6, 6.07) is 7.14. The average molecular weight is 318 g/mol. The standard InChI is InChI=1S/C19H28NO3/c1-20(2)11-10-14-4-9-18(12-16(14)13-20)23-19(21)15-5-7-17(22-3)8-6-15/h5-8,14,16,18H,4,9-13H2,1-3H3/q+1/t14-,16+,18+/m0/s1. The Kier molecular flexibility index (Phi) is 4.62. The van der Waals surface area contributed by atoms with Crippen molar-refractivity contribution in [1.82, 2.24) is 0 Å². The number of quaternary nitrogens is 1. The van der Waals surface area contributed by atoms with Gasteiger partial charge in [-0.25, -0.2) is 4.79 Å². The van der Waals surface area contributed by atoms with Crippen molar-refractivity contribution in [3.05, 3.63) is 29.8 Å². The van der Waals surface area contributed by atoms with Crippen LogP contribution < -0.4 is 4.74 Å². The predicted octanol–water partition coefficient (Wildman–Crippen LogP) is 3.12. The van der Waals surface area contributed by atoms with Crippen LogP contribution in [0.4, 0.5) is 0 Å². The lowest BCUT2D eigenvalue weighted by atomic mass is 9.73. The van der Waals surface area contributed by atoms with Gasteiger partial charge in [0.2, 0.25) is 0 Å². The molecule has 1 aromatic carbocycles. The van der Waals surface area contributed by atoms with E-state index in [0.29, 0.717) is 11.5 Å². The maximum absolute atomic E-state index is 12.3. The van der Waals surface area contributed by atoms with Crippen LogP contribution in [0.2, 0.25) is 0 Å². The molecule has 0 radical (unpaired) electrons. The highest BCUT2D eigenvalue weighted by atomic mass is 16.5. The van der Waals surface area contributed by atoms with Crippen LogP contribution in [0.25, 0.3) is 0 Å². The lowest BCUT2D eigenvalue weighted by Gasteiger charge is -2.45. The van der Waals surface area contributed by atoms with E-state index in [-0.39, 0.29) is 12.1 Å². The molecule has 2 aliphatic rings. The third-order valence-corrected chi connectivity index (χ3v) is 5.53. The summed E-state index contributed by atoms with van der Waals surface area (Å²) >= 11 is 0. The van der Waals surface area contributed by atoms with Gasteiger partial charge in [0.1, 0.15) is 11.9 Å². The number of nitrogens with zero attached hydrogens (tertiary/aromatic N) is 1. The zero-order chi connectivity index (χ0) is 16.4. The number of piperidine rings is 1. The minimum Gasteiger partial charge on any atom is -0.497 e. The first-order valence-corrected chi connectivity index (χ1v) is 8.64. The summed E-state index contributed by atoms with van der Waals surface area (Å²) in [4.78, 5) is 12.3. The summed E-state index contributed by atoms with van der Waals surface area (Å²) < 4.78 is 12.0. The molecule has 1 saturated heterocycles. The molecule has 2 fully saturated rings. The third kappa shape index (κ3) is 3.86. The second-order valence-corrected chi connectivity index (χ2v) is 7.72. The van der Waals surface area contributed by atoms with E-state index in [4.69, 9.17) is 9.47 Å². The molecule has 3 atom stereocenters. The summed E-state index contributed by atoms with van der Waals surface area (Å²) in [5.74, 6) is 2.07. The molecule has 1 aliphatic carbocycles. The quantitative estimate of drug-likeness (QED) is 0.634. The van der Waals surface area contributed by atoms with E-state index >= 15 is 0 Å². The Morgan fingerprint density at radius 2 is 1.83 bits per heavy atom. The van der Waals surface area contributed by atoms with Gasteiger partial charge in [0.05, 0.1) is 39.9 Å². The molecule has 0 amide bonds. The fourth-order valence-electron chi connectivity index (χ4n) is 4.18. The summed E-state index contributed by atoms with van der Waals surface area (Å²) in [5.41, 5.74) is 0.604. The van der Waals surface area contributed by atoms with E-state index in [1.54, 1.807) is 31.4 Å². The number of carbonyl (C=O) groups excluding carboxylic acids is 1. The lowest BCUT2D eigenvalue weighted by molar-refractivity contribution is -0.900. The number of hydrogen-bond donors (Lipinski definition) is 0. The minimum atomic E-state index is -0.208. The van der Waals surface area contributed by atoms with Crippen LogP contribution in [0.1, 0.15) is 36.0 Å². The van der Waals surface area contributed by atoms with E-state index < -0.39 is 0 Å². The van der Waals surface area contributed by atoms with E-state index in [1.807, 2.05) is 0 Å². The predicted molar refractivity (Wildman–Crippen MR) is 89.5 cm³/mol. The Labute approximate surface area is 139 Å². The Bertz CT molecular complexity index is 552. The fourth-order valence-corrected chi connectivity index (χ4v) is 4.18. The van der Waals surface area contributed by atoms with Gasteiger partial charge in [-0.2, -0.15) is 0 Å². The molecule has 4 heteroatoms. The molecule has 1 aromatic rings. The number of ether oxygens (including phenoxy) is 2. The highest BCUT2D eigenvalue weighted by Gasteiger charge is 2.40. The molecule has 23 heavy (non-hydrogen) atoms. The van der Waals surface area contributed by atoms with Gasteiger partial charge in [-0.3, -0.25) is 0 Å². The number of benzene rings is 1. The smallest absolute Gasteiger partial charge is 0.338 e. The van der Waals surface area contributed by atoms with Crippen LogP contribution in [0.15, 0.2) is 24.3 Å².